The monoisotopic (exact) mass is 235 g/mol. The molecule has 1 aromatic heterocycles. The molecule has 92 valence electrons. The van der Waals surface area contributed by atoms with Crippen LogP contribution in [0.1, 0.15) is 18.9 Å². The number of hydrogen-bond acceptors (Lipinski definition) is 3. The van der Waals surface area contributed by atoms with Gasteiger partial charge in [0, 0.05) is 25.7 Å². The van der Waals surface area contributed by atoms with Crippen LogP contribution >= 0.6 is 0 Å². The number of carbonyl (C=O) groups excluding carboxylic acids is 1. The van der Waals surface area contributed by atoms with E-state index >= 15 is 0 Å². The Labute approximate surface area is 99.8 Å². The SMILES string of the molecule is O=C(NCC1CC1)Nc1ccnn1C1CNC1. The van der Waals surface area contributed by atoms with Crippen molar-refractivity contribution in [3.8, 4) is 0 Å². The third-order valence-electron chi connectivity index (χ3n) is 3.27. The number of carbonyl (C=O) groups is 1. The van der Waals surface area contributed by atoms with Crippen molar-refractivity contribution in [2.75, 3.05) is 25.0 Å². The minimum atomic E-state index is -0.133. The van der Waals surface area contributed by atoms with Crippen LogP contribution in [0.4, 0.5) is 10.6 Å². The van der Waals surface area contributed by atoms with E-state index in [0.29, 0.717) is 12.0 Å². The zero-order valence-corrected chi connectivity index (χ0v) is 9.65. The Morgan fingerprint density at radius 1 is 1.53 bits per heavy atom. The molecule has 0 bridgehead atoms. The molecular formula is C11H17N5O. The molecule has 0 aromatic carbocycles. The molecule has 2 aliphatic rings. The maximum Gasteiger partial charge on any atom is 0.320 e. The second kappa shape index (κ2) is 4.37. The summed E-state index contributed by atoms with van der Waals surface area (Å²) in [4.78, 5) is 11.6. The molecule has 3 N–H and O–H groups in total. The fraction of sp³-hybridized carbons (Fsp3) is 0.636. The van der Waals surface area contributed by atoms with Crippen LogP contribution in [0.2, 0.25) is 0 Å². The highest BCUT2D eigenvalue weighted by Crippen LogP contribution is 2.27. The van der Waals surface area contributed by atoms with Crippen LogP contribution in [0.5, 0.6) is 0 Å². The van der Waals surface area contributed by atoms with Crippen LogP contribution in [0.15, 0.2) is 12.3 Å². The lowest BCUT2D eigenvalue weighted by Gasteiger charge is -2.28. The van der Waals surface area contributed by atoms with Crippen LogP contribution in [-0.4, -0.2) is 35.4 Å². The molecule has 17 heavy (non-hydrogen) atoms. The Balaban J connectivity index is 1.55. The molecule has 1 aromatic rings. The van der Waals surface area contributed by atoms with Gasteiger partial charge in [-0.2, -0.15) is 5.10 Å². The smallest absolute Gasteiger partial charge is 0.320 e. The highest BCUT2D eigenvalue weighted by molar-refractivity contribution is 5.88. The number of aromatic nitrogens is 2. The Morgan fingerprint density at radius 2 is 2.35 bits per heavy atom. The normalized spacial score (nSPS) is 19.8. The molecule has 0 atom stereocenters. The van der Waals surface area contributed by atoms with Gasteiger partial charge in [0.05, 0.1) is 12.2 Å². The number of amides is 2. The van der Waals surface area contributed by atoms with E-state index < -0.39 is 0 Å². The first-order valence-corrected chi connectivity index (χ1v) is 6.12. The summed E-state index contributed by atoms with van der Waals surface area (Å²) in [5, 5.41) is 13.1. The van der Waals surface area contributed by atoms with E-state index in [1.165, 1.54) is 12.8 Å². The van der Waals surface area contributed by atoms with Gasteiger partial charge < -0.3 is 10.6 Å². The van der Waals surface area contributed by atoms with Crippen molar-refractivity contribution in [2.24, 2.45) is 5.92 Å². The fourth-order valence-corrected chi connectivity index (χ4v) is 1.87. The molecule has 0 unspecified atom stereocenters. The molecule has 2 amide bonds. The molecular weight excluding hydrogens is 218 g/mol. The van der Waals surface area contributed by atoms with Gasteiger partial charge in [-0.15, -0.1) is 0 Å². The number of rotatable bonds is 4. The third-order valence-corrected chi connectivity index (χ3v) is 3.27. The van der Waals surface area contributed by atoms with Crippen LogP contribution in [0, 0.1) is 5.92 Å². The first-order valence-electron chi connectivity index (χ1n) is 6.12. The van der Waals surface area contributed by atoms with Gasteiger partial charge in [0.2, 0.25) is 0 Å². The van der Waals surface area contributed by atoms with Gasteiger partial charge in [0.15, 0.2) is 0 Å². The topological polar surface area (TPSA) is 71.0 Å². The molecule has 1 saturated heterocycles. The summed E-state index contributed by atoms with van der Waals surface area (Å²) in [7, 11) is 0. The Bertz CT molecular complexity index is 408. The van der Waals surface area contributed by atoms with Crippen LogP contribution in [0.3, 0.4) is 0 Å². The number of urea groups is 1. The van der Waals surface area contributed by atoms with E-state index in [9.17, 15) is 4.79 Å². The molecule has 0 spiro atoms. The maximum absolute atomic E-state index is 11.6. The minimum absolute atomic E-state index is 0.133. The number of nitrogens with zero attached hydrogens (tertiary/aromatic N) is 2. The molecule has 1 aliphatic heterocycles. The summed E-state index contributed by atoms with van der Waals surface area (Å²) in [6.07, 6.45) is 4.20. The predicted molar refractivity (Wildman–Crippen MR) is 63.9 cm³/mol. The fourth-order valence-electron chi connectivity index (χ4n) is 1.87. The zero-order valence-electron chi connectivity index (χ0n) is 9.65. The molecule has 1 saturated carbocycles. The quantitative estimate of drug-likeness (QED) is 0.714. The van der Waals surface area contributed by atoms with Crippen molar-refractivity contribution in [3.63, 3.8) is 0 Å². The molecule has 6 heteroatoms. The minimum Gasteiger partial charge on any atom is -0.338 e. The molecule has 2 fully saturated rings. The van der Waals surface area contributed by atoms with Gasteiger partial charge in [-0.1, -0.05) is 0 Å². The van der Waals surface area contributed by atoms with Crippen LogP contribution < -0.4 is 16.0 Å². The summed E-state index contributed by atoms with van der Waals surface area (Å²) >= 11 is 0. The van der Waals surface area contributed by atoms with E-state index in [1.54, 1.807) is 6.20 Å². The molecule has 1 aliphatic carbocycles. The summed E-state index contributed by atoms with van der Waals surface area (Å²) in [6.45, 7) is 2.62. The summed E-state index contributed by atoms with van der Waals surface area (Å²) in [6, 6.07) is 2.06. The molecule has 0 radical (unpaired) electrons. The lowest BCUT2D eigenvalue weighted by Crippen LogP contribution is -2.44. The second-order valence-electron chi connectivity index (χ2n) is 4.75. The Kier molecular flexibility index (Phi) is 2.72. The van der Waals surface area contributed by atoms with E-state index in [0.717, 1.165) is 25.5 Å². The van der Waals surface area contributed by atoms with Gasteiger partial charge in [0.1, 0.15) is 5.82 Å². The van der Waals surface area contributed by atoms with Crippen molar-refractivity contribution in [1.29, 1.82) is 0 Å². The molecule has 3 rings (SSSR count). The van der Waals surface area contributed by atoms with Gasteiger partial charge >= 0.3 is 6.03 Å². The van der Waals surface area contributed by atoms with Gasteiger partial charge in [-0.25, -0.2) is 9.48 Å². The lowest BCUT2D eigenvalue weighted by atomic mass is 10.2. The third kappa shape index (κ3) is 2.41. The van der Waals surface area contributed by atoms with Gasteiger partial charge in [-0.05, 0) is 18.8 Å². The van der Waals surface area contributed by atoms with Gasteiger partial charge in [0.25, 0.3) is 0 Å². The average molecular weight is 235 g/mol. The average Bonchev–Trinajstić information content (AvgIpc) is 2.97. The molecule has 6 nitrogen and oxygen atoms in total. The van der Waals surface area contributed by atoms with E-state index in [-0.39, 0.29) is 6.03 Å². The first kappa shape index (κ1) is 10.6. The largest absolute Gasteiger partial charge is 0.338 e. The van der Waals surface area contributed by atoms with Crippen molar-refractivity contribution in [1.82, 2.24) is 20.4 Å². The van der Waals surface area contributed by atoms with Crippen molar-refractivity contribution >= 4 is 11.8 Å². The first-order chi connectivity index (χ1) is 8.33. The van der Waals surface area contributed by atoms with E-state index in [2.05, 4.69) is 21.0 Å². The second-order valence-corrected chi connectivity index (χ2v) is 4.75. The van der Waals surface area contributed by atoms with Crippen molar-refractivity contribution in [3.05, 3.63) is 12.3 Å². The zero-order chi connectivity index (χ0) is 11.7. The Hall–Kier alpha value is -1.56. The van der Waals surface area contributed by atoms with Crippen molar-refractivity contribution in [2.45, 2.75) is 18.9 Å². The van der Waals surface area contributed by atoms with Gasteiger partial charge in [-0.3, -0.25) is 5.32 Å². The summed E-state index contributed by atoms with van der Waals surface area (Å²) in [5.74, 6) is 1.46. The Morgan fingerprint density at radius 3 is 3.00 bits per heavy atom. The standard InChI is InChI=1S/C11H17N5O/c17-11(13-5-8-1-2-8)15-10-3-4-14-16(10)9-6-12-7-9/h3-4,8-9,12H,1-2,5-7H2,(H2,13,15,17). The van der Waals surface area contributed by atoms with Crippen LogP contribution in [0.25, 0.3) is 0 Å². The number of hydrogen-bond donors (Lipinski definition) is 3. The van der Waals surface area contributed by atoms with E-state index in [4.69, 9.17) is 0 Å². The number of nitrogens with one attached hydrogen (secondary N) is 3. The predicted octanol–water partition coefficient (Wildman–Crippen LogP) is 0.559. The molecule has 2 heterocycles. The maximum atomic E-state index is 11.6. The van der Waals surface area contributed by atoms with Crippen LogP contribution in [-0.2, 0) is 0 Å². The summed E-state index contributed by atoms with van der Waals surface area (Å²) in [5.41, 5.74) is 0. The highest BCUT2D eigenvalue weighted by Gasteiger charge is 2.23. The van der Waals surface area contributed by atoms with E-state index in [1.807, 2.05) is 10.7 Å². The highest BCUT2D eigenvalue weighted by atomic mass is 16.2. The van der Waals surface area contributed by atoms with Crippen molar-refractivity contribution < 1.29 is 4.79 Å². The lowest BCUT2D eigenvalue weighted by molar-refractivity contribution is 0.251. The number of anilines is 1. The summed E-state index contributed by atoms with van der Waals surface area (Å²) < 4.78 is 1.87.